The van der Waals surface area contributed by atoms with Gasteiger partial charge in [0.15, 0.2) is 0 Å². The molecule has 0 aromatic carbocycles. The Bertz CT molecular complexity index is 75.4. The van der Waals surface area contributed by atoms with Crippen LogP contribution in [0.1, 0.15) is 6.92 Å². The van der Waals surface area contributed by atoms with Crippen LogP contribution >= 0.6 is 0 Å². The first kappa shape index (κ1) is 13.1. The van der Waals surface area contributed by atoms with Crippen molar-refractivity contribution < 1.29 is 44.1 Å². The average Bonchev–Trinajstić information content (AvgIpc) is 1.80. The van der Waals surface area contributed by atoms with Crippen LogP contribution in [0.5, 0.6) is 0 Å². The summed E-state index contributed by atoms with van der Waals surface area (Å²) in [7, 11) is 0. The third kappa shape index (κ3) is 11.3. The van der Waals surface area contributed by atoms with Crippen molar-refractivity contribution in [2.45, 2.75) is 13.2 Å². The minimum atomic E-state index is -0.960. The van der Waals surface area contributed by atoms with Gasteiger partial charge in [-0.1, -0.05) is 13.5 Å². The van der Waals surface area contributed by atoms with Crippen molar-refractivity contribution in [2.24, 2.45) is 0 Å². The predicted octanol–water partition coefficient (Wildman–Crippen LogP) is -3.13. The van der Waals surface area contributed by atoms with E-state index in [1.54, 1.807) is 0 Å². The molecule has 10 heavy (non-hydrogen) atoms. The van der Waals surface area contributed by atoms with Crippen molar-refractivity contribution >= 4 is 0 Å². The van der Waals surface area contributed by atoms with E-state index in [2.05, 4.69) is 16.1 Å². The van der Waals surface area contributed by atoms with Crippen molar-refractivity contribution in [2.75, 3.05) is 13.2 Å². The molecule has 54 valence electrons. The molecule has 0 aromatic rings. The Labute approximate surface area is 83.3 Å². The molecule has 0 saturated carbocycles. The van der Waals surface area contributed by atoms with Gasteiger partial charge in [-0.3, -0.25) is 0 Å². The van der Waals surface area contributed by atoms with E-state index in [1.165, 1.54) is 13.2 Å². The van der Waals surface area contributed by atoms with E-state index >= 15 is 0 Å². The first-order valence-electron chi connectivity index (χ1n) is 2.77. The summed E-state index contributed by atoms with van der Waals surface area (Å²) < 4.78 is 9.30. The van der Waals surface area contributed by atoms with Gasteiger partial charge in [-0.15, -0.1) is 0 Å². The van der Waals surface area contributed by atoms with Crippen molar-refractivity contribution in [3.05, 3.63) is 12.8 Å². The Kier molecular flexibility index (Phi) is 12.4. The van der Waals surface area contributed by atoms with Gasteiger partial charge < -0.3 is 14.6 Å². The van der Waals surface area contributed by atoms with Crippen molar-refractivity contribution in [1.29, 1.82) is 0 Å². The fourth-order valence-electron chi connectivity index (χ4n) is 0.346. The van der Waals surface area contributed by atoms with Crippen LogP contribution in [-0.4, -0.2) is 19.5 Å². The van der Waals surface area contributed by atoms with Crippen LogP contribution in [0.3, 0.4) is 0 Å². The van der Waals surface area contributed by atoms with Gasteiger partial charge in [0.1, 0.15) is 6.61 Å². The number of ether oxygens (including phenoxy) is 2. The zero-order chi connectivity index (χ0) is 7.11. The molecule has 0 spiro atoms. The van der Waals surface area contributed by atoms with E-state index < -0.39 is 6.29 Å². The van der Waals surface area contributed by atoms with Gasteiger partial charge in [0, 0.05) is 0 Å². The van der Waals surface area contributed by atoms with Gasteiger partial charge in [-0.25, -0.2) is 0 Å². The third-order valence-electron chi connectivity index (χ3n) is 0.672. The largest absolute Gasteiger partial charge is 1.00 e. The van der Waals surface area contributed by atoms with Gasteiger partial charge in [0.05, 0.1) is 12.9 Å². The standard InChI is InChI=1S/C6H11O3.Na/c1-3-8-4-5-9-6(2)7;/h3,6H,1,4-5H2,2H3;/q-1;+1. The molecule has 3 nitrogen and oxygen atoms in total. The molecular weight excluding hydrogens is 143 g/mol. The van der Waals surface area contributed by atoms with E-state index in [1.807, 2.05) is 0 Å². The molecule has 0 aliphatic rings. The second-order valence-electron chi connectivity index (χ2n) is 1.48. The molecule has 0 rings (SSSR count). The van der Waals surface area contributed by atoms with E-state index in [0.29, 0.717) is 13.2 Å². The molecule has 0 radical (unpaired) electrons. The maximum atomic E-state index is 10.2. The minimum Gasteiger partial charge on any atom is -0.831 e. The Morgan fingerprint density at radius 1 is 1.60 bits per heavy atom. The summed E-state index contributed by atoms with van der Waals surface area (Å²) in [5, 5.41) is 10.2. The molecule has 0 aliphatic heterocycles. The number of hydrogen-bond acceptors (Lipinski definition) is 3. The minimum absolute atomic E-state index is 0. The monoisotopic (exact) mass is 154 g/mol. The molecular formula is C6H11NaO3. The molecule has 0 amide bonds. The number of rotatable bonds is 5. The SMILES string of the molecule is C=COCCOC(C)[O-].[Na+]. The summed E-state index contributed by atoms with van der Waals surface area (Å²) in [6.45, 7) is 5.49. The Hall–Kier alpha value is 0.460. The molecule has 1 unspecified atom stereocenters. The van der Waals surface area contributed by atoms with Crippen LogP contribution in [0.15, 0.2) is 12.8 Å². The molecule has 0 aromatic heterocycles. The first-order valence-corrected chi connectivity index (χ1v) is 2.77. The van der Waals surface area contributed by atoms with Crippen molar-refractivity contribution in [3.8, 4) is 0 Å². The van der Waals surface area contributed by atoms with E-state index in [0.717, 1.165) is 0 Å². The molecule has 0 heterocycles. The van der Waals surface area contributed by atoms with Crippen LogP contribution in [0, 0.1) is 0 Å². The van der Waals surface area contributed by atoms with Crippen molar-refractivity contribution in [3.63, 3.8) is 0 Å². The average molecular weight is 154 g/mol. The zero-order valence-electron chi connectivity index (χ0n) is 6.50. The fraction of sp³-hybridized carbons (Fsp3) is 0.667. The van der Waals surface area contributed by atoms with Gasteiger partial charge in [0.25, 0.3) is 0 Å². The topological polar surface area (TPSA) is 41.5 Å². The molecule has 4 heteroatoms. The second kappa shape index (κ2) is 9.46. The van der Waals surface area contributed by atoms with Gasteiger partial charge in [0.2, 0.25) is 0 Å². The molecule has 0 saturated heterocycles. The summed E-state index contributed by atoms with van der Waals surface area (Å²) in [5.41, 5.74) is 0. The molecule has 0 fully saturated rings. The summed E-state index contributed by atoms with van der Waals surface area (Å²) in [6, 6.07) is 0. The van der Waals surface area contributed by atoms with Gasteiger partial charge >= 0.3 is 29.6 Å². The van der Waals surface area contributed by atoms with Gasteiger partial charge in [-0.05, 0) is 6.29 Å². The maximum absolute atomic E-state index is 10.2. The van der Waals surface area contributed by atoms with Crippen LogP contribution < -0.4 is 34.7 Å². The summed E-state index contributed by atoms with van der Waals surface area (Å²) in [4.78, 5) is 0. The molecule has 1 atom stereocenters. The third-order valence-corrected chi connectivity index (χ3v) is 0.672. The summed E-state index contributed by atoms with van der Waals surface area (Å²) in [6.07, 6.45) is 0.358. The van der Waals surface area contributed by atoms with E-state index in [4.69, 9.17) is 0 Å². The Morgan fingerprint density at radius 2 is 2.20 bits per heavy atom. The molecule has 0 bridgehead atoms. The van der Waals surface area contributed by atoms with Crippen LogP contribution in [0.4, 0.5) is 0 Å². The van der Waals surface area contributed by atoms with Crippen LogP contribution in [-0.2, 0) is 9.47 Å². The van der Waals surface area contributed by atoms with E-state index in [9.17, 15) is 5.11 Å². The van der Waals surface area contributed by atoms with Crippen LogP contribution in [0.2, 0.25) is 0 Å². The fourth-order valence-corrected chi connectivity index (χ4v) is 0.346. The Balaban J connectivity index is 0. The molecule has 0 aliphatic carbocycles. The maximum Gasteiger partial charge on any atom is 1.00 e. The summed E-state index contributed by atoms with van der Waals surface area (Å²) >= 11 is 0. The quantitative estimate of drug-likeness (QED) is 0.182. The van der Waals surface area contributed by atoms with Gasteiger partial charge in [-0.2, -0.15) is 0 Å². The van der Waals surface area contributed by atoms with Crippen LogP contribution in [0.25, 0.3) is 0 Å². The normalized spacial score (nSPS) is 11.4. The smallest absolute Gasteiger partial charge is 0.831 e. The summed E-state index contributed by atoms with van der Waals surface area (Å²) in [5.74, 6) is 0. The predicted molar refractivity (Wildman–Crippen MR) is 31.6 cm³/mol. The van der Waals surface area contributed by atoms with Crippen molar-refractivity contribution in [1.82, 2.24) is 0 Å². The first-order chi connectivity index (χ1) is 4.27. The second-order valence-corrected chi connectivity index (χ2v) is 1.48. The number of hydrogen-bond donors (Lipinski definition) is 0. The zero-order valence-corrected chi connectivity index (χ0v) is 8.50. The van der Waals surface area contributed by atoms with E-state index in [-0.39, 0.29) is 29.6 Å². The molecule has 0 N–H and O–H groups in total. The Morgan fingerprint density at radius 3 is 2.60 bits per heavy atom.